The molecule has 1 amide bonds. The number of aromatic nitrogens is 4. The molecule has 0 saturated heterocycles. The largest absolute Gasteiger partial charge is 0.478 e. The average molecular weight is 618 g/mol. The number of methoxy groups -OCH3 is 1. The number of benzene rings is 2. The number of hydrogen-bond donors (Lipinski definition) is 2. The summed E-state index contributed by atoms with van der Waals surface area (Å²) in [6, 6.07) is 17.9. The molecule has 0 aliphatic heterocycles. The number of hydrogen-bond acceptors (Lipinski definition) is 5. The summed E-state index contributed by atoms with van der Waals surface area (Å²) in [4.78, 5) is 35.0. The van der Waals surface area contributed by atoms with Crippen LogP contribution in [0.25, 0.3) is 39.4 Å². The number of carbonyl (C=O) groups is 2. The Hall–Kier alpha value is -4.76. The number of amides is 1. The number of aryl methyl sites for hydroxylation is 1. The van der Waals surface area contributed by atoms with E-state index < -0.39 is 11.5 Å². The quantitative estimate of drug-likeness (QED) is 0.167. The van der Waals surface area contributed by atoms with Crippen molar-refractivity contribution in [1.82, 2.24) is 24.4 Å². The van der Waals surface area contributed by atoms with Gasteiger partial charge in [-0.2, -0.15) is 0 Å². The van der Waals surface area contributed by atoms with Gasteiger partial charge >= 0.3 is 5.97 Å². The number of aliphatic carboxylic acids is 1. The van der Waals surface area contributed by atoms with E-state index in [0.29, 0.717) is 24.6 Å². The van der Waals surface area contributed by atoms with Crippen molar-refractivity contribution < 1.29 is 19.4 Å². The third-order valence-electron chi connectivity index (χ3n) is 9.87. The van der Waals surface area contributed by atoms with Crippen LogP contribution in [0.15, 0.2) is 66.9 Å². The van der Waals surface area contributed by atoms with Crippen LogP contribution in [-0.4, -0.2) is 49.8 Å². The number of fused-ring (bicyclic) bond motifs is 2. The third-order valence-corrected chi connectivity index (χ3v) is 9.87. The van der Waals surface area contributed by atoms with Crippen LogP contribution in [0.1, 0.15) is 78.2 Å². The summed E-state index contributed by atoms with van der Waals surface area (Å²) in [5, 5.41) is 13.7. The van der Waals surface area contributed by atoms with Crippen molar-refractivity contribution >= 4 is 39.9 Å². The fourth-order valence-corrected chi connectivity index (χ4v) is 7.46. The van der Waals surface area contributed by atoms with Gasteiger partial charge in [0.25, 0.3) is 5.91 Å². The van der Waals surface area contributed by atoms with Crippen LogP contribution in [0.4, 0.5) is 0 Å². The summed E-state index contributed by atoms with van der Waals surface area (Å²) in [5.41, 5.74) is 6.93. The zero-order chi connectivity index (χ0) is 31.8. The number of pyridine rings is 1. The lowest BCUT2D eigenvalue weighted by molar-refractivity contribution is -0.131. The summed E-state index contributed by atoms with van der Waals surface area (Å²) >= 11 is 0. The number of ether oxygens (including phenoxy) is 1. The molecule has 236 valence electrons. The SMILES string of the molecule is COCCn1c(C2(NC(=O)c3ccc4c(C5CCCC5)c(-c5ccccn5)n(C)c4c3)CCC2)nc2ccc(C=CC(=O)O)cc21. The Bertz CT molecular complexity index is 1960. The number of carbonyl (C=O) groups excluding carboxylic acids is 1. The van der Waals surface area contributed by atoms with Crippen LogP contribution >= 0.6 is 0 Å². The van der Waals surface area contributed by atoms with Gasteiger partial charge < -0.3 is 24.3 Å². The molecule has 0 bridgehead atoms. The Morgan fingerprint density at radius 3 is 2.59 bits per heavy atom. The minimum atomic E-state index is -0.999. The van der Waals surface area contributed by atoms with Crippen LogP contribution in [0, 0.1) is 0 Å². The lowest BCUT2D eigenvalue weighted by Gasteiger charge is -2.42. The summed E-state index contributed by atoms with van der Waals surface area (Å²) in [6.07, 6.45) is 11.9. The fraction of sp³-hybridized carbons (Fsp3) is 0.351. The van der Waals surface area contributed by atoms with Crippen molar-refractivity contribution in [3.63, 3.8) is 0 Å². The molecule has 7 rings (SSSR count). The average Bonchev–Trinajstić information content (AvgIpc) is 3.77. The molecule has 9 heteroatoms. The number of carboxylic acid groups (broad SMARTS) is 1. The van der Waals surface area contributed by atoms with E-state index >= 15 is 0 Å². The maximum atomic E-state index is 14.1. The van der Waals surface area contributed by atoms with Crippen molar-refractivity contribution in [2.45, 2.75) is 62.9 Å². The van der Waals surface area contributed by atoms with Crippen LogP contribution < -0.4 is 5.32 Å². The normalized spacial score (nSPS) is 16.4. The standard InChI is InChI=1S/C37H39N5O4/c1-41-30-23-26(13-14-27(30)33(25-8-3-4-9-25)34(41)29-10-5-6-19-38-29)35(45)40-37(17-7-18-37)36-39-28-15-11-24(12-16-32(43)44)22-31(28)42(36)20-21-46-2/h5-6,10-16,19,22-23,25H,3-4,7-9,17-18,20-21H2,1-2H3,(H,40,45)(H,43,44). The number of nitrogens with one attached hydrogen (secondary N) is 1. The van der Waals surface area contributed by atoms with Gasteiger partial charge in [-0.3, -0.25) is 9.78 Å². The molecule has 2 aliphatic rings. The zero-order valence-corrected chi connectivity index (χ0v) is 26.3. The maximum absolute atomic E-state index is 14.1. The van der Waals surface area contributed by atoms with E-state index in [0.717, 1.165) is 64.7 Å². The van der Waals surface area contributed by atoms with Gasteiger partial charge in [-0.1, -0.05) is 31.0 Å². The smallest absolute Gasteiger partial charge is 0.328 e. The van der Waals surface area contributed by atoms with E-state index in [-0.39, 0.29) is 5.91 Å². The van der Waals surface area contributed by atoms with E-state index in [4.69, 9.17) is 19.8 Å². The molecule has 2 N–H and O–H groups in total. The Morgan fingerprint density at radius 1 is 1.07 bits per heavy atom. The molecule has 2 aliphatic carbocycles. The van der Waals surface area contributed by atoms with Gasteiger partial charge in [-0.05, 0) is 91.6 Å². The predicted molar refractivity (Wildman–Crippen MR) is 179 cm³/mol. The van der Waals surface area contributed by atoms with Gasteiger partial charge in [-0.25, -0.2) is 9.78 Å². The second-order valence-corrected chi connectivity index (χ2v) is 12.6. The van der Waals surface area contributed by atoms with Crippen LogP contribution in [-0.2, 0) is 28.7 Å². The summed E-state index contributed by atoms with van der Waals surface area (Å²) in [5.74, 6) is 0.166. The zero-order valence-electron chi connectivity index (χ0n) is 26.3. The Balaban J connectivity index is 1.26. The van der Waals surface area contributed by atoms with Gasteiger partial charge in [0, 0.05) is 49.4 Å². The minimum absolute atomic E-state index is 0.125. The van der Waals surface area contributed by atoms with Crippen LogP contribution in [0.5, 0.6) is 0 Å². The van der Waals surface area contributed by atoms with Gasteiger partial charge in [0.15, 0.2) is 0 Å². The van der Waals surface area contributed by atoms with E-state index in [1.807, 2.05) is 48.7 Å². The number of carboxylic acids is 1. The first-order valence-corrected chi connectivity index (χ1v) is 16.2. The lowest BCUT2D eigenvalue weighted by atomic mass is 9.75. The van der Waals surface area contributed by atoms with Crippen molar-refractivity contribution in [3.8, 4) is 11.4 Å². The number of rotatable bonds is 10. The van der Waals surface area contributed by atoms with Gasteiger partial charge in [-0.15, -0.1) is 0 Å². The lowest BCUT2D eigenvalue weighted by Crippen LogP contribution is -2.52. The maximum Gasteiger partial charge on any atom is 0.328 e. The molecule has 2 aromatic carbocycles. The monoisotopic (exact) mass is 617 g/mol. The Morgan fingerprint density at radius 2 is 1.89 bits per heavy atom. The molecule has 0 radical (unpaired) electrons. The first kappa shape index (κ1) is 29.9. The molecular formula is C37H39N5O4. The van der Waals surface area contributed by atoms with Crippen molar-refractivity contribution in [2.24, 2.45) is 7.05 Å². The molecule has 0 spiro atoms. The molecule has 2 fully saturated rings. The highest BCUT2D eigenvalue weighted by Crippen LogP contribution is 2.45. The third kappa shape index (κ3) is 5.28. The van der Waals surface area contributed by atoms with E-state index in [9.17, 15) is 9.59 Å². The van der Waals surface area contributed by atoms with Gasteiger partial charge in [0.2, 0.25) is 0 Å². The van der Waals surface area contributed by atoms with Crippen LogP contribution in [0.2, 0.25) is 0 Å². The summed E-state index contributed by atoms with van der Waals surface area (Å²) in [6.45, 7) is 1.03. The first-order chi connectivity index (χ1) is 22.4. The highest BCUT2D eigenvalue weighted by Gasteiger charge is 2.44. The highest BCUT2D eigenvalue weighted by molar-refractivity contribution is 6.01. The fourth-order valence-electron chi connectivity index (χ4n) is 7.46. The number of nitrogens with zero attached hydrogens (tertiary/aromatic N) is 4. The first-order valence-electron chi connectivity index (χ1n) is 16.2. The van der Waals surface area contributed by atoms with E-state index in [1.54, 1.807) is 13.2 Å². The minimum Gasteiger partial charge on any atom is -0.478 e. The second kappa shape index (κ2) is 12.2. The summed E-state index contributed by atoms with van der Waals surface area (Å²) < 4.78 is 9.77. The Labute approximate surface area is 267 Å². The molecular weight excluding hydrogens is 578 g/mol. The van der Waals surface area contributed by atoms with Gasteiger partial charge in [0.05, 0.1) is 34.6 Å². The Kier molecular flexibility index (Phi) is 7.94. The molecule has 46 heavy (non-hydrogen) atoms. The van der Waals surface area contributed by atoms with Crippen molar-refractivity contribution in [2.75, 3.05) is 13.7 Å². The van der Waals surface area contributed by atoms with E-state index in [2.05, 4.69) is 33.6 Å². The highest BCUT2D eigenvalue weighted by atomic mass is 16.5. The molecule has 5 aromatic rings. The van der Waals surface area contributed by atoms with E-state index in [1.165, 1.54) is 36.6 Å². The molecule has 3 heterocycles. The molecule has 0 atom stereocenters. The predicted octanol–water partition coefficient (Wildman–Crippen LogP) is 6.80. The second-order valence-electron chi connectivity index (χ2n) is 12.6. The molecule has 9 nitrogen and oxygen atoms in total. The molecule has 0 unspecified atom stereocenters. The van der Waals surface area contributed by atoms with Crippen LogP contribution in [0.3, 0.4) is 0 Å². The van der Waals surface area contributed by atoms with Crippen molar-refractivity contribution in [1.29, 1.82) is 0 Å². The molecule has 3 aromatic heterocycles. The summed E-state index contributed by atoms with van der Waals surface area (Å²) in [7, 11) is 3.75. The van der Waals surface area contributed by atoms with Crippen molar-refractivity contribution in [3.05, 3.63) is 89.4 Å². The number of imidazole rings is 1. The van der Waals surface area contributed by atoms with Gasteiger partial charge in [0.1, 0.15) is 5.82 Å². The molecule has 2 saturated carbocycles. The topological polar surface area (TPSA) is 111 Å².